The van der Waals surface area contributed by atoms with Crippen molar-refractivity contribution in [3.8, 4) is 51.7 Å². The van der Waals surface area contributed by atoms with E-state index in [4.69, 9.17) is 81.3 Å². The van der Waals surface area contributed by atoms with Crippen molar-refractivity contribution < 1.29 is 120 Å². The second-order valence-corrected chi connectivity index (χ2v) is 11.7. The number of aromatic hydroxyl groups is 8. The van der Waals surface area contributed by atoms with Crippen LogP contribution in [-0.2, 0) is 24.0 Å². The monoisotopic (exact) mass is 890 g/mol. The highest BCUT2D eigenvalue weighted by Gasteiger charge is 2.40. The molecule has 0 aliphatic rings. The van der Waals surface area contributed by atoms with Gasteiger partial charge in [-0.2, -0.15) is 0 Å². The molecule has 0 saturated heterocycles. The number of carboxylic acids is 7. The Kier molecular flexibility index (Phi) is 21.6. The van der Waals surface area contributed by atoms with Gasteiger partial charge in [-0.25, -0.2) is 24.0 Å². The van der Waals surface area contributed by atoms with E-state index in [-0.39, 0.29) is 39.9 Å². The molecule has 0 fully saturated rings. The van der Waals surface area contributed by atoms with E-state index in [0.29, 0.717) is 16.9 Å². The zero-order chi connectivity index (χ0) is 48.8. The predicted octanol–water partition coefficient (Wildman–Crippen LogP) is 2.74. The summed E-state index contributed by atoms with van der Waals surface area (Å²) >= 11 is 0. The van der Waals surface area contributed by atoms with Gasteiger partial charge < -0.3 is 86.4 Å². The highest BCUT2D eigenvalue weighted by atomic mass is 16.5. The molecule has 0 heterocycles. The minimum Gasteiger partial charge on any atom is -0.508 e. The number of carboxylic acid groups (broad SMARTS) is 7. The van der Waals surface area contributed by atoms with Crippen LogP contribution in [0, 0.1) is 0 Å². The number of carbonyl (C=O) groups is 7. The molecule has 0 bridgehead atoms. The maximum absolute atomic E-state index is 10.3. The van der Waals surface area contributed by atoms with Gasteiger partial charge in [0, 0.05) is 12.2 Å². The van der Waals surface area contributed by atoms with Gasteiger partial charge in [0.15, 0.2) is 45.8 Å². The fraction of sp³-hybridized carbons (Fsp3) is 0.103. The fourth-order valence-electron chi connectivity index (χ4n) is 3.91. The molecule has 0 saturated carbocycles. The molecular weight excluding hydrogens is 852 g/mol. The number of hydrogen-bond acceptors (Lipinski definition) is 17. The van der Waals surface area contributed by atoms with Crippen LogP contribution in [0.2, 0.25) is 0 Å². The van der Waals surface area contributed by atoms with Crippen LogP contribution >= 0.6 is 0 Å². The molecule has 0 aromatic heterocycles. The standard InChI is InChI=1S/C10H10O4.C9H8O4.C7H6O5.C7H6O4.C6H8O7/c1-14-9-6-7(2-4-8(9)11)3-5-10(12)13;10-7-3-1-6(5-8(7)11)2-4-9(12)13;8-4-1-3(7(11)12)2-5(9)6(4)10;8-4-1-2-6(9)5(3-4)7(10)11;7-3(8)1-6(13,5(11)12)2-4(9)10/h2-6,11H,1H3,(H,12,13);1-5,10-11H,(H,12,13);1-2,8-10H,(H,11,12);1-3,8-9H,(H,10,11);13H,1-2H2,(H,7,8)(H,9,10)(H,11,12)/b5-3+;4-2+;;;. The molecule has 0 atom stereocenters. The smallest absolute Gasteiger partial charge is 0.339 e. The third-order valence-corrected chi connectivity index (χ3v) is 6.85. The van der Waals surface area contributed by atoms with Crippen molar-refractivity contribution in [3.05, 3.63) is 101 Å². The lowest BCUT2D eigenvalue weighted by Crippen LogP contribution is -2.42. The normalized spacial score (nSPS) is 10.2. The van der Waals surface area contributed by atoms with Crippen LogP contribution in [-0.4, -0.2) is 136 Å². The summed E-state index contributed by atoms with van der Waals surface area (Å²) in [5, 5.41) is 139. The quantitative estimate of drug-likeness (QED) is 0.0552. The average molecular weight is 891 g/mol. The van der Waals surface area contributed by atoms with E-state index in [1.165, 1.54) is 49.6 Å². The van der Waals surface area contributed by atoms with E-state index in [1.54, 1.807) is 12.1 Å². The van der Waals surface area contributed by atoms with Crippen molar-refractivity contribution in [2.75, 3.05) is 7.11 Å². The Morgan fingerprint density at radius 3 is 1.33 bits per heavy atom. The third-order valence-electron chi connectivity index (χ3n) is 6.85. The zero-order valence-electron chi connectivity index (χ0n) is 32.0. The SMILES string of the molecule is COc1cc(/C=C/C(=O)O)ccc1O.O=C(O)/C=C/c1ccc(O)c(O)c1.O=C(O)CC(O)(CC(=O)O)C(=O)O.O=C(O)c1cc(O)c(O)c(O)c1.O=C(O)c1cc(O)ccc1O. The Bertz CT molecular complexity index is 2310. The Labute approximate surface area is 352 Å². The number of rotatable bonds is 12. The lowest BCUT2D eigenvalue weighted by atomic mass is 9.96. The van der Waals surface area contributed by atoms with Gasteiger partial charge in [-0.1, -0.05) is 12.1 Å². The molecule has 4 aromatic carbocycles. The van der Waals surface area contributed by atoms with E-state index in [9.17, 15) is 38.7 Å². The number of methoxy groups -OCH3 is 1. The molecule has 338 valence electrons. The van der Waals surface area contributed by atoms with Crippen LogP contribution in [0.4, 0.5) is 0 Å². The highest BCUT2D eigenvalue weighted by molar-refractivity contribution is 5.91. The number of benzene rings is 4. The molecule has 16 N–H and O–H groups in total. The molecule has 0 unspecified atom stereocenters. The van der Waals surface area contributed by atoms with E-state index >= 15 is 0 Å². The molecule has 24 heteroatoms. The first-order valence-electron chi connectivity index (χ1n) is 16.5. The first kappa shape index (κ1) is 53.8. The summed E-state index contributed by atoms with van der Waals surface area (Å²) in [7, 11) is 1.43. The lowest BCUT2D eigenvalue weighted by Gasteiger charge is -2.18. The van der Waals surface area contributed by atoms with Crippen LogP contribution in [0.5, 0.6) is 51.7 Å². The third kappa shape index (κ3) is 20.4. The van der Waals surface area contributed by atoms with E-state index in [1.807, 2.05) is 0 Å². The summed E-state index contributed by atoms with van der Waals surface area (Å²) in [6, 6.07) is 13.7. The Balaban J connectivity index is 0.000000764. The number of hydrogen-bond donors (Lipinski definition) is 16. The molecule has 0 amide bonds. The summed E-state index contributed by atoms with van der Waals surface area (Å²) in [4.78, 5) is 71.5. The zero-order valence-corrected chi connectivity index (χ0v) is 32.0. The molecular formula is C39H38O24. The summed E-state index contributed by atoms with van der Waals surface area (Å²) in [5.74, 6) is -12.4. The molecule has 0 radical (unpaired) electrons. The Hall–Kier alpha value is -9.19. The van der Waals surface area contributed by atoms with Gasteiger partial charge in [-0.05, 0) is 77.9 Å². The average Bonchev–Trinajstić information content (AvgIpc) is 3.18. The molecule has 4 rings (SSSR count). The lowest BCUT2D eigenvalue weighted by molar-refractivity contribution is -0.170. The number of aliphatic hydroxyl groups is 1. The highest BCUT2D eigenvalue weighted by Crippen LogP contribution is 2.35. The number of aromatic carboxylic acids is 2. The van der Waals surface area contributed by atoms with Gasteiger partial charge in [0.1, 0.15) is 17.1 Å². The van der Waals surface area contributed by atoms with Crippen LogP contribution in [0.15, 0.2) is 78.9 Å². The maximum atomic E-state index is 10.3. The van der Waals surface area contributed by atoms with Crippen LogP contribution in [0.3, 0.4) is 0 Å². The van der Waals surface area contributed by atoms with Crippen molar-refractivity contribution in [1.82, 2.24) is 0 Å². The van der Waals surface area contributed by atoms with Crippen molar-refractivity contribution >= 4 is 53.9 Å². The van der Waals surface area contributed by atoms with Gasteiger partial charge in [-0.3, -0.25) is 9.59 Å². The Morgan fingerprint density at radius 1 is 0.524 bits per heavy atom. The summed E-state index contributed by atoms with van der Waals surface area (Å²) < 4.78 is 4.86. The van der Waals surface area contributed by atoms with E-state index in [0.717, 1.165) is 36.4 Å². The largest absolute Gasteiger partial charge is 0.508 e. The van der Waals surface area contributed by atoms with Gasteiger partial charge in [0.2, 0.25) is 0 Å². The molecule has 0 aliphatic heterocycles. The van der Waals surface area contributed by atoms with Gasteiger partial charge >= 0.3 is 41.8 Å². The van der Waals surface area contributed by atoms with E-state index in [2.05, 4.69) is 0 Å². The van der Waals surface area contributed by atoms with Crippen molar-refractivity contribution in [1.29, 1.82) is 0 Å². The summed E-state index contributed by atoms with van der Waals surface area (Å²) in [6.07, 6.45) is 2.42. The first-order valence-corrected chi connectivity index (χ1v) is 16.5. The minimum atomic E-state index is -2.74. The van der Waals surface area contributed by atoms with Crippen molar-refractivity contribution in [3.63, 3.8) is 0 Å². The summed E-state index contributed by atoms with van der Waals surface area (Å²) in [5.41, 5.74) is -2.16. The first-order chi connectivity index (χ1) is 29.1. The fourth-order valence-corrected chi connectivity index (χ4v) is 3.91. The van der Waals surface area contributed by atoms with Gasteiger partial charge in [0.25, 0.3) is 0 Å². The molecule has 24 nitrogen and oxygen atoms in total. The number of phenolic OH excluding ortho intramolecular Hbond substituents is 7. The number of ether oxygens (including phenoxy) is 1. The number of aliphatic carboxylic acids is 5. The molecule has 4 aromatic rings. The molecule has 0 aliphatic carbocycles. The van der Waals surface area contributed by atoms with E-state index < -0.39 is 77.5 Å². The van der Waals surface area contributed by atoms with Gasteiger partial charge in [-0.15, -0.1) is 0 Å². The molecule has 63 heavy (non-hydrogen) atoms. The van der Waals surface area contributed by atoms with Gasteiger partial charge in [0.05, 0.1) is 25.5 Å². The second kappa shape index (κ2) is 25.3. The van der Waals surface area contributed by atoms with Crippen LogP contribution in [0.1, 0.15) is 44.7 Å². The predicted molar refractivity (Wildman–Crippen MR) is 210 cm³/mol. The van der Waals surface area contributed by atoms with Crippen molar-refractivity contribution in [2.24, 2.45) is 0 Å². The van der Waals surface area contributed by atoms with Crippen LogP contribution < -0.4 is 4.74 Å². The molecule has 0 spiro atoms. The Morgan fingerprint density at radius 2 is 0.968 bits per heavy atom. The minimum absolute atomic E-state index is 0.0278. The second-order valence-electron chi connectivity index (χ2n) is 11.7. The maximum Gasteiger partial charge on any atom is 0.339 e. The number of phenols is 8. The van der Waals surface area contributed by atoms with Crippen molar-refractivity contribution in [2.45, 2.75) is 18.4 Å². The summed E-state index contributed by atoms with van der Waals surface area (Å²) in [6.45, 7) is 0. The van der Waals surface area contributed by atoms with Crippen LogP contribution in [0.25, 0.3) is 12.2 Å². The topological polar surface area (TPSA) is 452 Å².